The van der Waals surface area contributed by atoms with Gasteiger partial charge in [-0.1, -0.05) is 50.6 Å². The Morgan fingerprint density at radius 1 is 1.12 bits per heavy atom. The molecule has 0 atom stereocenters. The minimum absolute atomic E-state index is 0.0784. The molecule has 136 valence electrons. The molecular formula is C20H30N4O. The molecule has 0 aliphatic rings. The largest absolute Gasteiger partial charge is 0.334 e. The number of carbonyl (C=O) groups is 1. The molecule has 0 bridgehead atoms. The molecule has 0 aliphatic carbocycles. The van der Waals surface area contributed by atoms with Gasteiger partial charge in [-0.3, -0.25) is 5.32 Å². The second-order valence-electron chi connectivity index (χ2n) is 8.54. The van der Waals surface area contributed by atoms with Crippen LogP contribution in [0.25, 0.3) is 0 Å². The molecule has 1 aromatic carbocycles. The number of carbonyl (C=O) groups excluding carboxylic acids is 1. The minimum Gasteiger partial charge on any atom is -0.334 e. The standard InChI is InChI=1S/C20H30N4O/c1-14-9-8-10-15(11-14)13-21-18(25)22-17-12-16(19(2,3)4)23-24(17)20(5,6)7/h8-12H,13H2,1-7H3,(H2,21,22,25). The molecule has 0 spiro atoms. The highest BCUT2D eigenvalue weighted by Gasteiger charge is 2.25. The van der Waals surface area contributed by atoms with Crippen molar-refractivity contribution in [2.24, 2.45) is 0 Å². The van der Waals surface area contributed by atoms with E-state index >= 15 is 0 Å². The van der Waals surface area contributed by atoms with E-state index < -0.39 is 0 Å². The van der Waals surface area contributed by atoms with Crippen LogP contribution in [-0.4, -0.2) is 15.8 Å². The van der Waals surface area contributed by atoms with Crippen molar-refractivity contribution in [3.05, 3.63) is 47.2 Å². The maximum atomic E-state index is 12.3. The molecule has 1 heterocycles. The molecule has 0 fully saturated rings. The van der Waals surface area contributed by atoms with E-state index in [0.29, 0.717) is 12.4 Å². The first-order chi connectivity index (χ1) is 11.5. The molecule has 2 amide bonds. The van der Waals surface area contributed by atoms with E-state index in [-0.39, 0.29) is 17.0 Å². The SMILES string of the molecule is Cc1cccc(CNC(=O)Nc2cc(C(C)(C)C)nn2C(C)(C)C)c1. The van der Waals surface area contributed by atoms with Gasteiger partial charge in [0.25, 0.3) is 0 Å². The summed E-state index contributed by atoms with van der Waals surface area (Å²) in [6, 6.07) is 9.83. The summed E-state index contributed by atoms with van der Waals surface area (Å²) in [5.74, 6) is 0.708. The van der Waals surface area contributed by atoms with Gasteiger partial charge in [0.1, 0.15) is 5.82 Å². The highest BCUT2D eigenvalue weighted by atomic mass is 16.2. The minimum atomic E-state index is -0.229. The second-order valence-corrected chi connectivity index (χ2v) is 8.54. The molecule has 2 N–H and O–H groups in total. The summed E-state index contributed by atoms with van der Waals surface area (Å²) in [5.41, 5.74) is 2.92. The molecule has 5 heteroatoms. The summed E-state index contributed by atoms with van der Waals surface area (Å²) in [5, 5.41) is 10.6. The molecule has 0 aliphatic heterocycles. The Bertz CT molecular complexity index is 748. The third kappa shape index (κ3) is 5.08. The Morgan fingerprint density at radius 2 is 1.80 bits per heavy atom. The average Bonchev–Trinajstić information content (AvgIpc) is 2.89. The summed E-state index contributed by atoms with van der Waals surface area (Å²) in [6.07, 6.45) is 0. The number of nitrogens with zero attached hydrogens (tertiary/aromatic N) is 2. The fourth-order valence-electron chi connectivity index (χ4n) is 2.51. The van der Waals surface area contributed by atoms with Crippen molar-refractivity contribution in [3.63, 3.8) is 0 Å². The predicted octanol–water partition coefficient (Wildman–Crippen LogP) is 4.57. The first kappa shape index (κ1) is 19.0. The fraction of sp³-hybridized carbons (Fsp3) is 0.500. The maximum Gasteiger partial charge on any atom is 0.320 e. The van der Waals surface area contributed by atoms with Crippen LogP contribution in [0.3, 0.4) is 0 Å². The van der Waals surface area contributed by atoms with E-state index in [4.69, 9.17) is 5.10 Å². The van der Waals surface area contributed by atoms with E-state index in [1.165, 1.54) is 5.56 Å². The van der Waals surface area contributed by atoms with Gasteiger partial charge in [0.05, 0.1) is 11.2 Å². The molecule has 1 aromatic heterocycles. The number of aryl methyl sites for hydroxylation is 1. The summed E-state index contributed by atoms with van der Waals surface area (Å²) in [6.45, 7) is 15.1. The Morgan fingerprint density at radius 3 is 2.36 bits per heavy atom. The van der Waals surface area contributed by atoms with Crippen molar-refractivity contribution < 1.29 is 4.79 Å². The van der Waals surface area contributed by atoms with Crippen LogP contribution in [-0.2, 0) is 17.5 Å². The lowest BCUT2D eigenvalue weighted by molar-refractivity contribution is 0.251. The van der Waals surface area contributed by atoms with Gasteiger partial charge >= 0.3 is 6.03 Å². The molecule has 0 unspecified atom stereocenters. The van der Waals surface area contributed by atoms with Crippen LogP contribution in [0.5, 0.6) is 0 Å². The van der Waals surface area contributed by atoms with Crippen LogP contribution in [0, 0.1) is 6.92 Å². The Balaban J connectivity index is 2.13. The third-order valence-corrected chi connectivity index (χ3v) is 3.89. The summed E-state index contributed by atoms with van der Waals surface area (Å²) in [7, 11) is 0. The topological polar surface area (TPSA) is 59.0 Å². The molecule has 2 aromatic rings. The summed E-state index contributed by atoms with van der Waals surface area (Å²) < 4.78 is 1.87. The molecule has 5 nitrogen and oxygen atoms in total. The zero-order chi connectivity index (χ0) is 18.8. The summed E-state index contributed by atoms with van der Waals surface area (Å²) >= 11 is 0. The van der Waals surface area contributed by atoms with Gasteiger partial charge in [-0.25, -0.2) is 9.48 Å². The number of hydrogen-bond acceptors (Lipinski definition) is 2. The molecule has 25 heavy (non-hydrogen) atoms. The maximum absolute atomic E-state index is 12.3. The Kier molecular flexibility index (Phi) is 5.26. The van der Waals surface area contributed by atoms with Gasteiger partial charge in [-0.15, -0.1) is 0 Å². The van der Waals surface area contributed by atoms with Crippen LogP contribution in [0.4, 0.5) is 10.6 Å². The normalized spacial score (nSPS) is 12.1. The number of amides is 2. The Labute approximate surface area is 150 Å². The lowest BCUT2D eigenvalue weighted by Gasteiger charge is -2.23. The Hall–Kier alpha value is -2.30. The highest BCUT2D eigenvalue weighted by Crippen LogP contribution is 2.28. The van der Waals surface area contributed by atoms with Crippen LogP contribution in [0.2, 0.25) is 0 Å². The molecule has 0 radical (unpaired) electrons. The van der Waals surface area contributed by atoms with Gasteiger partial charge in [0, 0.05) is 18.0 Å². The zero-order valence-electron chi connectivity index (χ0n) is 16.4. The fourth-order valence-corrected chi connectivity index (χ4v) is 2.51. The van der Waals surface area contributed by atoms with Crippen molar-refractivity contribution in [2.75, 3.05) is 5.32 Å². The van der Waals surface area contributed by atoms with Gasteiger partial charge in [-0.05, 0) is 33.3 Å². The number of aromatic nitrogens is 2. The smallest absolute Gasteiger partial charge is 0.320 e. The first-order valence-electron chi connectivity index (χ1n) is 8.68. The summed E-state index contributed by atoms with van der Waals surface area (Å²) in [4.78, 5) is 12.3. The molecular weight excluding hydrogens is 312 g/mol. The van der Waals surface area contributed by atoms with Crippen LogP contribution < -0.4 is 10.6 Å². The van der Waals surface area contributed by atoms with Crippen molar-refractivity contribution >= 4 is 11.8 Å². The van der Waals surface area contributed by atoms with Gasteiger partial charge in [-0.2, -0.15) is 5.10 Å². The van der Waals surface area contributed by atoms with Gasteiger partial charge in [0.15, 0.2) is 0 Å². The average molecular weight is 342 g/mol. The zero-order valence-corrected chi connectivity index (χ0v) is 16.4. The second kappa shape index (κ2) is 6.90. The molecule has 0 saturated carbocycles. The molecule has 2 rings (SSSR count). The van der Waals surface area contributed by atoms with E-state index in [1.807, 2.05) is 35.9 Å². The predicted molar refractivity (Wildman–Crippen MR) is 103 cm³/mol. The number of urea groups is 1. The van der Waals surface area contributed by atoms with Crippen molar-refractivity contribution in [3.8, 4) is 0 Å². The number of rotatable bonds is 3. The van der Waals surface area contributed by atoms with Gasteiger partial charge < -0.3 is 5.32 Å². The van der Waals surface area contributed by atoms with Crippen molar-refractivity contribution in [1.82, 2.24) is 15.1 Å². The number of hydrogen-bond donors (Lipinski definition) is 2. The highest BCUT2D eigenvalue weighted by molar-refractivity contribution is 5.88. The van der Waals surface area contributed by atoms with E-state index in [9.17, 15) is 4.79 Å². The molecule has 0 saturated heterocycles. The number of nitrogens with one attached hydrogen (secondary N) is 2. The lowest BCUT2D eigenvalue weighted by atomic mass is 9.92. The monoisotopic (exact) mass is 342 g/mol. The van der Waals surface area contributed by atoms with Crippen LogP contribution >= 0.6 is 0 Å². The van der Waals surface area contributed by atoms with Crippen molar-refractivity contribution in [1.29, 1.82) is 0 Å². The van der Waals surface area contributed by atoms with Crippen LogP contribution in [0.1, 0.15) is 58.4 Å². The lowest BCUT2D eigenvalue weighted by Crippen LogP contribution is -2.32. The van der Waals surface area contributed by atoms with E-state index in [0.717, 1.165) is 11.3 Å². The number of benzene rings is 1. The quantitative estimate of drug-likeness (QED) is 0.858. The first-order valence-corrected chi connectivity index (χ1v) is 8.68. The van der Waals surface area contributed by atoms with E-state index in [1.54, 1.807) is 0 Å². The van der Waals surface area contributed by atoms with Gasteiger partial charge in [0.2, 0.25) is 0 Å². The van der Waals surface area contributed by atoms with Crippen LogP contribution in [0.15, 0.2) is 30.3 Å². The number of anilines is 1. The third-order valence-electron chi connectivity index (χ3n) is 3.89. The van der Waals surface area contributed by atoms with Crippen molar-refractivity contribution in [2.45, 2.75) is 66.0 Å². The van der Waals surface area contributed by atoms with E-state index in [2.05, 4.69) is 58.2 Å².